The molecular formula is C27H6F15N. The van der Waals surface area contributed by atoms with Gasteiger partial charge in [-0.15, -0.1) is 0 Å². The molecule has 5 aromatic rings. The second kappa shape index (κ2) is 9.98. The minimum atomic E-state index is -2.70. The first kappa shape index (κ1) is 29.8. The molecule has 1 heterocycles. The fourth-order valence-corrected chi connectivity index (χ4v) is 4.67. The van der Waals surface area contributed by atoms with E-state index in [0.717, 1.165) is 0 Å². The van der Waals surface area contributed by atoms with Gasteiger partial charge in [-0.05, 0) is 24.1 Å². The Kier molecular flexibility index (Phi) is 6.93. The molecule has 0 saturated carbocycles. The average molecular weight is 629 g/mol. The van der Waals surface area contributed by atoms with Gasteiger partial charge in [0.25, 0.3) is 0 Å². The quantitative estimate of drug-likeness (QED) is 0.116. The van der Waals surface area contributed by atoms with Crippen LogP contribution in [0.1, 0.15) is 5.56 Å². The first-order valence-corrected chi connectivity index (χ1v) is 11.2. The Balaban J connectivity index is 2.07. The molecule has 0 amide bonds. The first-order valence-electron chi connectivity index (χ1n) is 11.2. The van der Waals surface area contributed by atoms with Crippen molar-refractivity contribution < 1.29 is 65.9 Å². The van der Waals surface area contributed by atoms with Crippen molar-refractivity contribution in [2.75, 3.05) is 0 Å². The van der Waals surface area contributed by atoms with Crippen molar-refractivity contribution >= 4 is 10.9 Å². The third-order valence-corrected chi connectivity index (χ3v) is 6.65. The SMILES string of the molecule is Cc1c(-c2c(F)c(F)c(F)c(F)c2F)cc2[nH]cc(-c3c(F)c(F)c(F)c(F)c3F)c2c1-c1c(F)c(F)c(F)c(F)c1F. The van der Waals surface area contributed by atoms with Gasteiger partial charge in [-0.2, -0.15) is 0 Å². The minimum absolute atomic E-state index is 0.445. The molecule has 16 heteroatoms. The van der Waals surface area contributed by atoms with Crippen molar-refractivity contribution in [3.8, 4) is 33.4 Å². The number of benzene rings is 4. The number of rotatable bonds is 3. The Morgan fingerprint density at radius 3 is 1.05 bits per heavy atom. The van der Waals surface area contributed by atoms with E-state index in [1.54, 1.807) is 0 Å². The predicted octanol–water partition coefficient (Wildman–Crippen LogP) is 9.56. The molecule has 43 heavy (non-hydrogen) atoms. The van der Waals surface area contributed by atoms with Gasteiger partial charge in [-0.1, -0.05) is 0 Å². The zero-order valence-corrected chi connectivity index (χ0v) is 20.3. The summed E-state index contributed by atoms with van der Waals surface area (Å²) in [5.74, 6) is -38.5. The number of nitrogens with one attached hydrogen (secondary N) is 1. The summed E-state index contributed by atoms with van der Waals surface area (Å²) in [5.41, 5.74) is -10.9. The lowest BCUT2D eigenvalue weighted by Gasteiger charge is -2.19. The molecule has 0 unspecified atom stereocenters. The van der Waals surface area contributed by atoms with E-state index < -0.39 is 137 Å². The maximum absolute atomic E-state index is 15.1. The lowest BCUT2D eigenvalue weighted by Crippen LogP contribution is -2.08. The third-order valence-electron chi connectivity index (χ3n) is 6.65. The lowest BCUT2D eigenvalue weighted by molar-refractivity contribution is 0.381. The van der Waals surface area contributed by atoms with E-state index in [9.17, 15) is 57.1 Å². The van der Waals surface area contributed by atoms with Gasteiger partial charge in [0.15, 0.2) is 69.8 Å². The molecule has 4 aromatic carbocycles. The number of hydrogen-bond acceptors (Lipinski definition) is 0. The van der Waals surface area contributed by atoms with Crippen LogP contribution in [0.15, 0.2) is 12.3 Å². The molecule has 0 saturated heterocycles. The molecule has 0 spiro atoms. The zero-order chi connectivity index (χ0) is 32.0. The molecule has 1 aromatic heterocycles. The van der Waals surface area contributed by atoms with Gasteiger partial charge in [0.1, 0.15) is 0 Å². The highest BCUT2D eigenvalue weighted by Gasteiger charge is 2.35. The topological polar surface area (TPSA) is 15.8 Å². The smallest absolute Gasteiger partial charge is 0.200 e. The normalized spacial score (nSPS) is 11.7. The van der Waals surface area contributed by atoms with Crippen LogP contribution in [-0.4, -0.2) is 4.98 Å². The maximum Gasteiger partial charge on any atom is 0.200 e. The summed E-state index contributed by atoms with van der Waals surface area (Å²) >= 11 is 0. The van der Waals surface area contributed by atoms with E-state index in [4.69, 9.17) is 0 Å². The summed E-state index contributed by atoms with van der Waals surface area (Å²) in [6.45, 7) is 0.634. The zero-order valence-electron chi connectivity index (χ0n) is 20.3. The molecule has 5 rings (SSSR count). The molecule has 1 N–H and O–H groups in total. The van der Waals surface area contributed by atoms with Gasteiger partial charge < -0.3 is 4.98 Å². The summed E-state index contributed by atoms with van der Waals surface area (Å²) in [7, 11) is 0. The van der Waals surface area contributed by atoms with Crippen LogP contribution >= 0.6 is 0 Å². The molecule has 1 nitrogen and oxygen atoms in total. The monoisotopic (exact) mass is 629 g/mol. The fraction of sp³-hybridized carbons (Fsp3) is 0.0370. The second-order valence-electron chi connectivity index (χ2n) is 8.88. The van der Waals surface area contributed by atoms with Crippen molar-refractivity contribution in [2.45, 2.75) is 6.92 Å². The average Bonchev–Trinajstić information content (AvgIpc) is 3.39. The van der Waals surface area contributed by atoms with Crippen molar-refractivity contribution in [2.24, 2.45) is 0 Å². The summed E-state index contributed by atoms with van der Waals surface area (Å²) in [6.07, 6.45) is 0.445. The Hall–Kier alpha value is -4.63. The summed E-state index contributed by atoms with van der Waals surface area (Å²) < 4.78 is 215. The van der Waals surface area contributed by atoms with Gasteiger partial charge in [0, 0.05) is 28.2 Å². The largest absolute Gasteiger partial charge is 0.361 e. The minimum Gasteiger partial charge on any atom is -0.361 e. The summed E-state index contributed by atoms with van der Waals surface area (Å²) in [6, 6.07) is 0.494. The van der Waals surface area contributed by atoms with Crippen LogP contribution in [0.25, 0.3) is 44.3 Å². The van der Waals surface area contributed by atoms with E-state index in [0.29, 0.717) is 19.2 Å². The molecule has 0 aliphatic heterocycles. The highest BCUT2D eigenvalue weighted by Crippen LogP contribution is 2.47. The highest BCUT2D eigenvalue weighted by atomic mass is 19.2. The van der Waals surface area contributed by atoms with Crippen LogP contribution in [0.5, 0.6) is 0 Å². The van der Waals surface area contributed by atoms with E-state index in [1.807, 2.05) is 0 Å². The third kappa shape index (κ3) is 3.98. The first-order chi connectivity index (χ1) is 20.0. The second-order valence-corrected chi connectivity index (χ2v) is 8.88. The van der Waals surface area contributed by atoms with Crippen LogP contribution in [0.2, 0.25) is 0 Å². The standard InChI is InChI=1S/C27H6F15N/c1-4-5(10-13(28)19(34)25(40)20(35)14(10)29)2-7-9(8(4)12-17(32)23(38)27(42)24(39)18(12)33)6(3-43-7)11-15(30)21(36)26(41)22(37)16(11)31/h2-3,43H,1H3. The van der Waals surface area contributed by atoms with Gasteiger partial charge in [-0.3, -0.25) is 0 Å². The van der Waals surface area contributed by atoms with Crippen LogP contribution in [-0.2, 0) is 0 Å². The number of hydrogen-bond donors (Lipinski definition) is 1. The molecule has 0 bridgehead atoms. The predicted molar refractivity (Wildman–Crippen MR) is 119 cm³/mol. The molecule has 224 valence electrons. The van der Waals surface area contributed by atoms with Crippen LogP contribution in [0, 0.1) is 94.2 Å². The van der Waals surface area contributed by atoms with Crippen LogP contribution in [0.4, 0.5) is 65.9 Å². The van der Waals surface area contributed by atoms with Gasteiger partial charge in [0.05, 0.1) is 16.7 Å². The number of halogens is 15. The number of H-pyrrole nitrogens is 1. The summed E-state index contributed by atoms with van der Waals surface area (Å²) in [4.78, 5) is 2.12. The van der Waals surface area contributed by atoms with E-state index >= 15 is 8.78 Å². The van der Waals surface area contributed by atoms with Crippen LogP contribution < -0.4 is 0 Å². The van der Waals surface area contributed by atoms with Crippen molar-refractivity contribution in [1.82, 2.24) is 4.98 Å². The Labute approximate surface area is 227 Å². The van der Waals surface area contributed by atoms with Crippen molar-refractivity contribution in [3.05, 3.63) is 105 Å². The molecular weight excluding hydrogens is 623 g/mol. The molecule has 0 atom stereocenters. The molecule has 0 aliphatic rings. The number of aromatic amines is 1. The van der Waals surface area contributed by atoms with E-state index in [-0.39, 0.29) is 0 Å². The van der Waals surface area contributed by atoms with Crippen molar-refractivity contribution in [3.63, 3.8) is 0 Å². The number of fused-ring (bicyclic) bond motifs is 1. The van der Waals surface area contributed by atoms with Crippen molar-refractivity contribution in [1.29, 1.82) is 0 Å². The Morgan fingerprint density at radius 1 is 0.372 bits per heavy atom. The van der Waals surface area contributed by atoms with Crippen LogP contribution in [0.3, 0.4) is 0 Å². The van der Waals surface area contributed by atoms with E-state index in [2.05, 4.69) is 4.98 Å². The molecule has 0 aliphatic carbocycles. The fourth-order valence-electron chi connectivity index (χ4n) is 4.67. The maximum atomic E-state index is 15.1. The van der Waals surface area contributed by atoms with Gasteiger partial charge in [-0.25, -0.2) is 65.9 Å². The summed E-state index contributed by atoms with van der Waals surface area (Å²) in [5, 5.41) is -1.03. The lowest BCUT2D eigenvalue weighted by atomic mass is 9.86. The number of aromatic nitrogens is 1. The van der Waals surface area contributed by atoms with E-state index in [1.165, 1.54) is 0 Å². The highest BCUT2D eigenvalue weighted by molar-refractivity contribution is 6.09. The van der Waals surface area contributed by atoms with Gasteiger partial charge >= 0.3 is 0 Å². The molecule has 0 radical (unpaired) electrons. The van der Waals surface area contributed by atoms with Gasteiger partial charge in [0.2, 0.25) is 17.5 Å². The Morgan fingerprint density at radius 2 is 0.674 bits per heavy atom. The Bertz CT molecular complexity index is 1960. The molecule has 0 fully saturated rings.